The van der Waals surface area contributed by atoms with Crippen molar-refractivity contribution in [2.75, 3.05) is 13.6 Å². The summed E-state index contributed by atoms with van der Waals surface area (Å²) in [4.78, 5) is 4.49. The van der Waals surface area contributed by atoms with Crippen molar-refractivity contribution in [2.45, 2.75) is 19.8 Å². The summed E-state index contributed by atoms with van der Waals surface area (Å²) in [5, 5.41) is 6.37. The normalized spacial score (nSPS) is 12.6. The van der Waals surface area contributed by atoms with Crippen LogP contribution in [0.5, 0.6) is 0 Å². The molecule has 0 amide bonds. The van der Waals surface area contributed by atoms with E-state index in [4.69, 9.17) is 0 Å². The van der Waals surface area contributed by atoms with Crippen molar-refractivity contribution in [3.8, 4) is 0 Å². The third kappa shape index (κ3) is 4.11. The first kappa shape index (κ1) is 14.2. The van der Waals surface area contributed by atoms with Crippen molar-refractivity contribution in [3.05, 3.63) is 51.7 Å². The van der Waals surface area contributed by atoms with Crippen molar-refractivity contribution in [1.29, 1.82) is 0 Å². The first-order valence-corrected chi connectivity index (χ1v) is 7.36. The Morgan fingerprint density at radius 1 is 1.32 bits per heavy atom. The monoisotopic (exact) mass is 278 g/mol. The zero-order valence-corrected chi connectivity index (χ0v) is 12.1. The number of aryl methyl sites for hydroxylation is 1. The molecule has 0 aliphatic carbocycles. The molecule has 0 spiro atoms. The lowest BCUT2D eigenvalue weighted by Gasteiger charge is -2.16. The first-order valence-electron chi connectivity index (χ1n) is 6.48. The van der Waals surface area contributed by atoms with Crippen LogP contribution in [0, 0.1) is 18.7 Å². The van der Waals surface area contributed by atoms with Gasteiger partial charge in [0.15, 0.2) is 0 Å². The molecule has 1 heterocycles. The zero-order valence-electron chi connectivity index (χ0n) is 11.3. The van der Waals surface area contributed by atoms with Crippen LogP contribution in [0.4, 0.5) is 4.39 Å². The predicted molar refractivity (Wildman–Crippen MR) is 78.1 cm³/mol. The molecular formula is C15H19FN2S. The number of hydrogen-bond acceptors (Lipinski definition) is 3. The number of rotatable bonds is 6. The number of aromatic nitrogens is 1. The number of hydrogen-bond donors (Lipinski definition) is 1. The summed E-state index contributed by atoms with van der Waals surface area (Å²) in [5.41, 5.74) is 1.90. The second-order valence-electron chi connectivity index (χ2n) is 4.78. The van der Waals surface area contributed by atoms with Gasteiger partial charge in [-0.2, -0.15) is 0 Å². The summed E-state index contributed by atoms with van der Waals surface area (Å²) >= 11 is 1.67. The molecule has 0 aliphatic heterocycles. The Morgan fingerprint density at radius 2 is 2.11 bits per heavy atom. The van der Waals surface area contributed by atoms with Gasteiger partial charge in [0.1, 0.15) is 5.82 Å². The topological polar surface area (TPSA) is 24.9 Å². The molecule has 0 saturated heterocycles. The Bertz CT molecular complexity index is 524. The SMILES string of the molecule is CNCC(Cc1csc(C)n1)Cc1ccccc1F. The van der Waals surface area contributed by atoms with Gasteiger partial charge in [-0.25, -0.2) is 9.37 Å². The molecule has 2 nitrogen and oxygen atoms in total. The van der Waals surface area contributed by atoms with E-state index in [9.17, 15) is 4.39 Å². The summed E-state index contributed by atoms with van der Waals surface area (Å²) in [7, 11) is 1.93. The second-order valence-corrected chi connectivity index (χ2v) is 5.84. The molecule has 102 valence electrons. The van der Waals surface area contributed by atoms with Gasteiger partial charge in [0.2, 0.25) is 0 Å². The first-order chi connectivity index (χ1) is 9.19. The number of nitrogens with zero attached hydrogens (tertiary/aromatic N) is 1. The van der Waals surface area contributed by atoms with Crippen molar-refractivity contribution in [2.24, 2.45) is 5.92 Å². The van der Waals surface area contributed by atoms with Crippen LogP contribution >= 0.6 is 11.3 Å². The number of thiazole rings is 1. The number of halogens is 1. The van der Waals surface area contributed by atoms with Crippen molar-refractivity contribution in [3.63, 3.8) is 0 Å². The zero-order chi connectivity index (χ0) is 13.7. The largest absolute Gasteiger partial charge is 0.319 e. The molecule has 1 aromatic heterocycles. The molecular weight excluding hydrogens is 259 g/mol. The lowest BCUT2D eigenvalue weighted by Crippen LogP contribution is -2.23. The molecule has 0 bridgehead atoms. The van der Waals surface area contributed by atoms with Gasteiger partial charge in [0.25, 0.3) is 0 Å². The van der Waals surface area contributed by atoms with E-state index in [-0.39, 0.29) is 5.82 Å². The molecule has 2 aromatic rings. The highest BCUT2D eigenvalue weighted by molar-refractivity contribution is 7.09. The third-order valence-electron chi connectivity index (χ3n) is 3.12. The van der Waals surface area contributed by atoms with Gasteiger partial charge in [0, 0.05) is 5.38 Å². The fourth-order valence-electron chi connectivity index (χ4n) is 2.28. The highest BCUT2D eigenvalue weighted by atomic mass is 32.1. The molecule has 2 rings (SSSR count). The van der Waals surface area contributed by atoms with Gasteiger partial charge in [-0.05, 0) is 50.9 Å². The molecule has 0 radical (unpaired) electrons. The van der Waals surface area contributed by atoms with E-state index in [1.807, 2.05) is 26.1 Å². The van der Waals surface area contributed by atoms with Crippen molar-refractivity contribution >= 4 is 11.3 Å². The van der Waals surface area contributed by atoms with E-state index in [0.29, 0.717) is 5.92 Å². The summed E-state index contributed by atoms with van der Waals surface area (Å²) < 4.78 is 13.7. The highest BCUT2D eigenvalue weighted by Crippen LogP contribution is 2.18. The molecule has 1 unspecified atom stereocenters. The van der Waals surface area contributed by atoms with Crippen LogP contribution < -0.4 is 5.32 Å². The molecule has 1 N–H and O–H groups in total. The second kappa shape index (κ2) is 6.78. The summed E-state index contributed by atoms with van der Waals surface area (Å²) in [6, 6.07) is 7.01. The Hall–Kier alpha value is -1.26. The quantitative estimate of drug-likeness (QED) is 0.877. The highest BCUT2D eigenvalue weighted by Gasteiger charge is 2.14. The minimum atomic E-state index is -0.113. The van der Waals surface area contributed by atoms with Crippen LogP contribution in [-0.2, 0) is 12.8 Å². The molecule has 0 aliphatic rings. The molecule has 0 fully saturated rings. The van der Waals surface area contributed by atoms with Crippen LogP contribution in [0.25, 0.3) is 0 Å². The van der Waals surface area contributed by atoms with E-state index in [1.165, 1.54) is 6.07 Å². The van der Waals surface area contributed by atoms with Gasteiger partial charge in [-0.3, -0.25) is 0 Å². The minimum Gasteiger partial charge on any atom is -0.319 e. The minimum absolute atomic E-state index is 0.113. The molecule has 1 atom stereocenters. The standard InChI is InChI=1S/C15H19FN2S/c1-11-18-14(10-19-11)8-12(9-17-2)7-13-5-3-4-6-15(13)16/h3-6,10,12,17H,7-9H2,1-2H3. The van der Waals surface area contributed by atoms with Crippen LogP contribution in [0.15, 0.2) is 29.6 Å². The molecule has 19 heavy (non-hydrogen) atoms. The lowest BCUT2D eigenvalue weighted by atomic mass is 9.94. The smallest absolute Gasteiger partial charge is 0.126 e. The summed E-state index contributed by atoms with van der Waals surface area (Å²) in [6.07, 6.45) is 1.63. The molecule has 1 aromatic carbocycles. The average Bonchev–Trinajstić information content (AvgIpc) is 2.78. The maximum absolute atomic E-state index is 13.7. The molecule has 4 heteroatoms. The van der Waals surface area contributed by atoms with Gasteiger partial charge in [-0.15, -0.1) is 11.3 Å². The lowest BCUT2D eigenvalue weighted by molar-refractivity contribution is 0.476. The summed E-state index contributed by atoms with van der Waals surface area (Å²) in [5.74, 6) is 0.251. The fourth-order valence-corrected chi connectivity index (χ4v) is 2.90. The Morgan fingerprint density at radius 3 is 2.74 bits per heavy atom. The van der Waals surface area contributed by atoms with Gasteiger partial charge in [-0.1, -0.05) is 18.2 Å². The van der Waals surface area contributed by atoms with E-state index in [0.717, 1.165) is 35.7 Å². The van der Waals surface area contributed by atoms with Crippen molar-refractivity contribution in [1.82, 2.24) is 10.3 Å². The van der Waals surface area contributed by atoms with E-state index in [2.05, 4.69) is 15.7 Å². The third-order valence-corrected chi connectivity index (χ3v) is 3.95. The van der Waals surface area contributed by atoms with E-state index in [1.54, 1.807) is 17.4 Å². The number of nitrogens with one attached hydrogen (secondary N) is 1. The summed E-state index contributed by atoms with van der Waals surface area (Å²) in [6.45, 7) is 2.88. The van der Waals surface area contributed by atoms with Gasteiger partial charge >= 0.3 is 0 Å². The Balaban J connectivity index is 2.06. The maximum Gasteiger partial charge on any atom is 0.126 e. The molecule has 0 saturated carbocycles. The fraction of sp³-hybridized carbons (Fsp3) is 0.400. The predicted octanol–water partition coefficient (Wildman–Crippen LogP) is 3.21. The van der Waals surface area contributed by atoms with Crippen LogP contribution in [0.2, 0.25) is 0 Å². The average molecular weight is 278 g/mol. The Labute approximate surface area is 117 Å². The van der Waals surface area contributed by atoms with Crippen molar-refractivity contribution < 1.29 is 4.39 Å². The van der Waals surface area contributed by atoms with E-state index >= 15 is 0 Å². The van der Waals surface area contributed by atoms with Gasteiger partial charge < -0.3 is 5.32 Å². The maximum atomic E-state index is 13.7. The van der Waals surface area contributed by atoms with Crippen LogP contribution in [0.1, 0.15) is 16.3 Å². The van der Waals surface area contributed by atoms with Crippen LogP contribution in [-0.4, -0.2) is 18.6 Å². The van der Waals surface area contributed by atoms with E-state index < -0.39 is 0 Å². The number of benzene rings is 1. The van der Waals surface area contributed by atoms with Gasteiger partial charge in [0.05, 0.1) is 10.7 Å². The Kier molecular flexibility index (Phi) is 5.05. The van der Waals surface area contributed by atoms with Crippen LogP contribution in [0.3, 0.4) is 0 Å².